The van der Waals surface area contributed by atoms with Crippen molar-refractivity contribution in [3.63, 3.8) is 0 Å². The summed E-state index contributed by atoms with van der Waals surface area (Å²) in [5.74, 6) is -0.530. The van der Waals surface area contributed by atoms with Crippen LogP contribution in [0.15, 0.2) is 84.4 Å². The molecule has 1 aliphatic heterocycles. The normalized spacial score (nSPS) is 14.8. The van der Waals surface area contributed by atoms with E-state index in [9.17, 15) is 24.5 Å². The monoisotopic (exact) mass is 543 g/mol. The molecule has 3 aromatic rings. The summed E-state index contributed by atoms with van der Waals surface area (Å²) in [4.78, 5) is 50.9. The van der Waals surface area contributed by atoms with Gasteiger partial charge in [-0.3, -0.25) is 15.0 Å². The van der Waals surface area contributed by atoms with Crippen molar-refractivity contribution in [2.24, 2.45) is 0 Å². The SMILES string of the molecule is CCCN1C(=O)NC(c2ccc(NC(=O)Nc3ccc([N+](=O)[O-])cc3)cc2)C(C(=O)OCC)=C1c1ccccc1. The summed E-state index contributed by atoms with van der Waals surface area (Å²) in [6, 6.07) is 19.8. The van der Waals surface area contributed by atoms with Gasteiger partial charge in [-0.2, -0.15) is 0 Å². The molecule has 0 aromatic heterocycles. The molecule has 0 radical (unpaired) electrons. The number of nitro groups is 1. The van der Waals surface area contributed by atoms with E-state index in [2.05, 4.69) is 16.0 Å². The highest BCUT2D eigenvalue weighted by molar-refractivity contribution is 6.05. The molecule has 4 rings (SSSR count). The van der Waals surface area contributed by atoms with Gasteiger partial charge in [0.1, 0.15) is 0 Å². The van der Waals surface area contributed by atoms with E-state index >= 15 is 0 Å². The number of nitro benzene ring substituents is 1. The Morgan fingerprint density at radius 2 is 1.55 bits per heavy atom. The smallest absolute Gasteiger partial charge is 0.338 e. The van der Waals surface area contributed by atoms with Crippen LogP contribution in [-0.4, -0.2) is 41.0 Å². The molecule has 0 saturated carbocycles. The number of non-ortho nitro benzene ring substituents is 1. The van der Waals surface area contributed by atoms with Crippen LogP contribution in [0.25, 0.3) is 5.70 Å². The Labute approximate surface area is 231 Å². The number of nitrogens with zero attached hydrogens (tertiary/aromatic N) is 2. The molecule has 11 nitrogen and oxygen atoms in total. The minimum Gasteiger partial charge on any atom is -0.463 e. The van der Waals surface area contributed by atoms with Crippen molar-refractivity contribution in [1.82, 2.24) is 10.2 Å². The molecule has 0 saturated heterocycles. The predicted molar refractivity (Wildman–Crippen MR) is 150 cm³/mol. The van der Waals surface area contributed by atoms with E-state index in [1.54, 1.807) is 36.1 Å². The Balaban J connectivity index is 1.61. The zero-order valence-corrected chi connectivity index (χ0v) is 22.0. The second-order valence-corrected chi connectivity index (χ2v) is 8.89. The summed E-state index contributed by atoms with van der Waals surface area (Å²) in [5.41, 5.74) is 2.93. The lowest BCUT2D eigenvalue weighted by Crippen LogP contribution is -2.48. The predicted octanol–water partition coefficient (Wildman–Crippen LogP) is 5.69. The number of urea groups is 2. The van der Waals surface area contributed by atoms with Crippen molar-refractivity contribution in [1.29, 1.82) is 0 Å². The van der Waals surface area contributed by atoms with Crippen LogP contribution in [0.2, 0.25) is 0 Å². The molecule has 0 bridgehead atoms. The van der Waals surface area contributed by atoms with E-state index in [0.29, 0.717) is 41.2 Å². The highest BCUT2D eigenvalue weighted by Gasteiger charge is 2.38. The quantitative estimate of drug-likeness (QED) is 0.180. The van der Waals surface area contributed by atoms with Crippen LogP contribution >= 0.6 is 0 Å². The first-order valence-corrected chi connectivity index (χ1v) is 12.8. The van der Waals surface area contributed by atoms with E-state index in [1.807, 2.05) is 37.3 Å². The minimum atomic E-state index is -0.780. The molecule has 11 heteroatoms. The van der Waals surface area contributed by atoms with Gasteiger partial charge in [0.2, 0.25) is 0 Å². The van der Waals surface area contributed by atoms with Crippen molar-refractivity contribution in [2.45, 2.75) is 26.3 Å². The van der Waals surface area contributed by atoms with E-state index in [0.717, 1.165) is 5.56 Å². The first kappa shape index (κ1) is 27.8. The van der Waals surface area contributed by atoms with Crippen molar-refractivity contribution < 1.29 is 24.0 Å². The molecule has 1 heterocycles. The highest BCUT2D eigenvalue weighted by atomic mass is 16.6. The fourth-order valence-corrected chi connectivity index (χ4v) is 4.39. The number of benzene rings is 3. The number of nitrogens with one attached hydrogen (secondary N) is 3. The molecule has 1 aliphatic rings. The van der Waals surface area contributed by atoms with Crippen LogP contribution in [0.1, 0.15) is 37.4 Å². The third-order valence-electron chi connectivity index (χ3n) is 6.15. The van der Waals surface area contributed by atoms with Crippen molar-refractivity contribution in [3.8, 4) is 0 Å². The maximum absolute atomic E-state index is 13.3. The molecule has 3 aromatic carbocycles. The van der Waals surface area contributed by atoms with Crippen molar-refractivity contribution >= 4 is 40.8 Å². The number of hydrogen-bond donors (Lipinski definition) is 3. The average Bonchev–Trinajstić information content (AvgIpc) is 2.95. The minimum absolute atomic E-state index is 0.0826. The van der Waals surface area contributed by atoms with Gasteiger partial charge in [0.05, 0.1) is 28.8 Å². The fourth-order valence-electron chi connectivity index (χ4n) is 4.39. The molecule has 40 heavy (non-hydrogen) atoms. The Hall–Kier alpha value is -5.19. The zero-order chi connectivity index (χ0) is 28.6. The molecule has 4 amide bonds. The lowest BCUT2D eigenvalue weighted by molar-refractivity contribution is -0.384. The second kappa shape index (κ2) is 12.6. The average molecular weight is 544 g/mol. The Kier molecular flexibility index (Phi) is 8.75. The van der Waals surface area contributed by atoms with Gasteiger partial charge in [-0.1, -0.05) is 49.4 Å². The van der Waals surface area contributed by atoms with E-state index in [-0.39, 0.29) is 18.3 Å². The largest absolute Gasteiger partial charge is 0.463 e. The van der Waals surface area contributed by atoms with Gasteiger partial charge in [-0.15, -0.1) is 0 Å². The summed E-state index contributed by atoms with van der Waals surface area (Å²) in [6.45, 7) is 4.27. The summed E-state index contributed by atoms with van der Waals surface area (Å²) < 4.78 is 5.42. The third-order valence-corrected chi connectivity index (χ3v) is 6.15. The Morgan fingerprint density at radius 1 is 0.950 bits per heavy atom. The number of amides is 4. The lowest BCUT2D eigenvalue weighted by atomic mass is 9.91. The maximum Gasteiger partial charge on any atom is 0.338 e. The van der Waals surface area contributed by atoms with Crippen LogP contribution in [0.5, 0.6) is 0 Å². The number of carbonyl (C=O) groups excluding carboxylic acids is 3. The Morgan fingerprint density at radius 3 is 2.10 bits per heavy atom. The number of hydrogen-bond acceptors (Lipinski definition) is 6. The molecule has 1 unspecified atom stereocenters. The molecular formula is C29H29N5O6. The van der Waals surface area contributed by atoms with Gasteiger partial charge in [0, 0.05) is 30.1 Å². The molecule has 0 aliphatic carbocycles. The van der Waals surface area contributed by atoms with Gasteiger partial charge in [0.15, 0.2) is 0 Å². The van der Waals surface area contributed by atoms with Crippen LogP contribution in [0.4, 0.5) is 26.7 Å². The number of ether oxygens (including phenoxy) is 1. The molecule has 1 atom stereocenters. The maximum atomic E-state index is 13.3. The van der Waals surface area contributed by atoms with Gasteiger partial charge in [-0.05, 0) is 48.7 Å². The topological polar surface area (TPSA) is 143 Å². The summed E-state index contributed by atoms with van der Waals surface area (Å²) in [7, 11) is 0. The molecule has 0 spiro atoms. The Bertz CT molecular complexity index is 1420. The molecule has 0 fully saturated rings. The standard InChI is InChI=1S/C29H29N5O6/c1-3-18-33-26(20-8-6-5-7-9-20)24(27(35)40-4-2)25(32-29(33)37)19-10-12-21(13-11-19)30-28(36)31-22-14-16-23(17-15-22)34(38)39/h5-17,25H,3-4,18H2,1-2H3,(H,32,37)(H2,30,31,36). The first-order valence-electron chi connectivity index (χ1n) is 12.8. The summed E-state index contributed by atoms with van der Waals surface area (Å²) in [5, 5.41) is 19.1. The number of carbonyl (C=O) groups is 3. The third kappa shape index (κ3) is 6.26. The van der Waals surface area contributed by atoms with Crippen LogP contribution in [0.3, 0.4) is 0 Å². The van der Waals surface area contributed by atoms with Gasteiger partial charge >= 0.3 is 18.0 Å². The van der Waals surface area contributed by atoms with E-state index < -0.39 is 23.0 Å². The molecular weight excluding hydrogens is 514 g/mol. The molecule has 206 valence electrons. The van der Waals surface area contributed by atoms with Crippen molar-refractivity contribution in [3.05, 3.63) is 106 Å². The van der Waals surface area contributed by atoms with E-state index in [1.165, 1.54) is 24.3 Å². The van der Waals surface area contributed by atoms with Crippen molar-refractivity contribution in [2.75, 3.05) is 23.8 Å². The van der Waals surface area contributed by atoms with Crippen LogP contribution in [-0.2, 0) is 9.53 Å². The second-order valence-electron chi connectivity index (χ2n) is 8.89. The van der Waals surface area contributed by atoms with Gasteiger partial charge in [-0.25, -0.2) is 14.4 Å². The number of esters is 1. The number of anilines is 2. The molecule has 3 N–H and O–H groups in total. The van der Waals surface area contributed by atoms with Crippen LogP contribution in [0, 0.1) is 10.1 Å². The summed E-state index contributed by atoms with van der Waals surface area (Å²) >= 11 is 0. The zero-order valence-electron chi connectivity index (χ0n) is 22.0. The number of rotatable bonds is 9. The lowest BCUT2D eigenvalue weighted by Gasteiger charge is -2.36. The van der Waals surface area contributed by atoms with Crippen LogP contribution < -0.4 is 16.0 Å². The van der Waals surface area contributed by atoms with Gasteiger partial charge < -0.3 is 20.7 Å². The summed E-state index contributed by atoms with van der Waals surface area (Å²) in [6.07, 6.45) is 0.687. The highest BCUT2D eigenvalue weighted by Crippen LogP contribution is 2.37. The van der Waals surface area contributed by atoms with Gasteiger partial charge in [0.25, 0.3) is 5.69 Å². The fraction of sp³-hybridized carbons (Fsp3) is 0.207. The first-order chi connectivity index (χ1) is 19.3. The van der Waals surface area contributed by atoms with E-state index in [4.69, 9.17) is 4.74 Å².